The molecule has 5 fully saturated rings. The van der Waals surface area contributed by atoms with Crippen LogP contribution < -0.4 is 0 Å². The van der Waals surface area contributed by atoms with Gasteiger partial charge in [-0.25, -0.2) is 4.79 Å². The lowest BCUT2D eigenvalue weighted by molar-refractivity contribution is -0.204. The van der Waals surface area contributed by atoms with Crippen LogP contribution in [0.4, 0.5) is 0 Å². The Bertz CT molecular complexity index is 1350. The minimum absolute atomic E-state index is 0.0606. The molecule has 5 aliphatic rings. The monoisotopic (exact) mass is 796 g/mol. The van der Waals surface area contributed by atoms with Crippen LogP contribution >= 0.6 is 0 Å². The van der Waals surface area contributed by atoms with E-state index in [9.17, 15) is 9.59 Å². The highest BCUT2D eigenvalue weighted by Crippen LogP contribution is 2.42. The predicted octanol–water partition coefficient (Wildman–Crippen LogP) is 8.32. The quantitative estimate of drug-likeness (QED) is 0.0518. The third-order valence-corrected chi connectivity index (χ3v) is 11.9. The first-order chi connectivity index (χ1) is 28.1. The van der Waals surface area contributed by atoms with Crippen LogP contribution in [-0.4, -0.2) is 94.9 Å². The van der Waals surface area contributed by atoms with Crippen LogP contribution in [-0.2, 0) is 58.6 Å². The summed E-state index contributed by atoms with van der Waals surface area (Å²) >= 11 is 0. The minimum Gasteiger partial charge on any atom is -0.467 e. The maximum Gasteiger partial charge on any atom is 0.342 e. The van der Waals surface area contributed by atoms with E-state index in [0.29, 0.717) is 25.9 Å². The number of methoxy groups -OCH3 is 1. The molecule has 4 saturated heterocycles. The Labute approximate surface area is 340 Å². The van der Waals surface area contributed by atoms with Crippen LogP contribution in [0.3, 0.4) is 0 Å². The molecule has 11 nitrogen and oxygen atoms in total. The Balaban J connectivity index is 1.14. The molecule has 1 aliphatic carbocycles. The number of hydrogen-bond donors (Lipinski definition) is 0. The van der Waals surface area contributed by atoms with E-state index >= 15 is 0 Å². The average Bonchev–Trinajstić information content (AvgIpc) is 3.57. The molecule has 11 heteroatoms. The number of Topliss-reactive ketones (excluding diaryl/α,β-unsaturated/α-hetero) is 1. The number of carbonyl (C=O) groups is 2. The molecule has 0 spiro atoms. The van der Waals surface area contributed by atoms with Crippen LogP contribution in [0, 0.1) is 11.8 Å². The van der Waals surface area contributed by atoms with Crippen molar-refractivity contribution in [3.63, 3.8) is 0 Å². The van der Waals surface area contributed by atoms with Crippen molar-refractivity contribution in [2.45, 2.75) is 172 Å². The molecule has 1 aromatic rings. The summed E-state index contributed by atoms with van der Waals surface area (Å²) < 4.78 is 54.8. The fraction of sp³-hybridized carbons (Fsp3) is 0.739. The summed E-state index contributed by atoms with van der Waals surface area (Å²) in [4.78, 5) is 25.6. The van der Waals surface area contributed by atoms with Crippen molar-refractivity contribution in [1.82, 2.24) is 0 Å². The van der Waals surface area contributed by atoms with E-state index in [1.165, 1.54) is 12.7 Å². The van der Waals surface area contributed by atoms with Gasteiger partial charge in [-0.15, -0.1) is 0 Å². The molecule has 0 radical (unpaired) electrons. The zero-order valence-electron chi connectivity index (χ0n) is 34.2. The fourth-order valence-corrected chi connectivity index (χ4v) is 8.66. The highest BCUT2D eigenvalue weighted by Gasteiger charge is 2.45. The highest BCUT2D eigenvalue weighted by atomic mass is 16.7. The van der Waals surface area contributed by atoms with E-state index in [2.05, 4.69) is 54.6 Å². The first kappa shape index (κ1) is 44.1. The van der Waals surface area contributed by atoms with Gasteiger partial charge in [0.1, 0.15) is 0 Å². The number of benzene rings is 1. The van der Waals surface area contributed by atoms with Gasteiger partial charge < -0.3 is 42.6 Å². The summed E-state index contributed by atoms with van der Waals surface area (Å²) in [5, 5.41) is 0. The van der Waals surface area contributed by atoms with Gasteiger partial charge in [0.15, 0.2) is 30.9 Å². The normalized spacial score (nSPS) is 31.0. The smallest absolute Gasteiger partial charge is 0.342 e. The first-order valence-electron chi connectivity index (χ1n) is 22.1. The van der Waals surface area contributed by atoms with E-state index in [-0.39, 0.29) is 61.2 Å². The Morgan fingerprint density at radius 1 is 0.737 bits per heavy atom. The molecular formula is C46H68O11. The molecule has 1 aromatic carbocycles. The molecule has 0 N–H and O–H groups in total. The van der Waals surface area contributed by atoms with Gasteiger partial charge in [-0.2, -0.15) is 0 Å². The Morgan fingerprint density at radius 3 is 1.93 bits per heavy atom. The summed E-state index contributed by atoms with van der Waals surface area (Å²) in [6.45, 7) is 2.74. The maximum atomic E-state index is 13.1. The van der Waals surface area contributed by atoms with Gasteiger partial charge >= 0.3 is 5.97 Å². The maximum absolute atomic E-state index is 13.1. The molecule has 6 rings (SSSR count). The summed E-state index contributed by atoms with van der Waals surface area (Å²) in [5.74, 6) is -0.761. The van der Waals surface area contributed by atoms with Crippen molar-refractivity contribution < 1.29 is 52.2 Å². The number of ketones is 1. The standard InChI is InChI=1S/C46H68O11/c1-49-46(48)45(57-44-24-12-16-32-53-44)38(47)20-8-3-2-7-19-36-37(28-27-35(54-41-21-9-13-29-50-41)26-25-34-17-5-4-6-18-34)40(56-43-23-11-15-31-52-43)33-39(36)55-42-22-10-14-30-51-42/h2,4-7,17-18,27-28,35-37,39-45H,3,8-16,19-26,29-33H2,1H3/b7-2-,28-27+/t35-,36+,37+,39-,40+,41?,42?,43?,44?,45?/m0/s1. The lowest BCUT2D eigenvalue weighted by atomic mass is 9.89. The third kappa shape index (κ3) is 14.6. The van der Waals surface area contributed by atoms with Gasteiger partial charge in [0.05, 0.1) is 25.4 Å². The number of esters is 1. The second-order valence-electron chi connectivity index (χ2n) is 16.2. The van der Waals surface area contributed by atoms with E-state index in [1.807, 2.05) is 0 Å². The van der Waals surface area contributed by atoms with Gasteiger partial charge in [0.2, 0.25) is 6.10 Å². The second kappa shape index (κ2) is 24.6. The number of allylic oxidation sites excluding steroid dienone is 2. The molecule has 0 aromatic heterocycles. The topological polar surface area (TPSA) is 117 Å². The zero-order chi connectivity index (χ0) is 39.5. The minimum atomic E-state index is -1.26. The molecule has 4 heterocycles. The van der Waals surface area contributed by atoms with Crippen LogP contribution in [0.2, 0.25) is 0 Å². The summed E-state index contributed by atoms with van der Waals surface area (Å²) in [6, 6.07) is 10.6. The Hall–Kier alpha value is -2.48. The Morgan fingerprint density at radius 2 is 1.33 bits per heavy atom. The number of unbranched alkanes of at least 4 members (excludes halogenated alkanes) is 1. The van der Waals surface area contributed by atoms with Crippen LogP contribution in [0.1, 0.15) is 121 Å². The van der Waals surface area contributed by atoms with E-state index in [0.717, 1.165) is 116 Å². The number of aryl methyl sites for hydroxylation is 1. The van der Waals surface area contributed by atoms with E-state index in [4.69, 9.17) is 42.6 Å². The summed E-state index contributed by atoms with van der Waals surface area (Å²) in [5.41, 5.74) is 1.29. The number of hydrogen-bond acceptors (Lipinski definition) is 11. The third-order valence-electron chi connectivity index (χ3n) is 11.9. The van der Waals surface area contributed by atoms with Crippen molar-refractivity contribution in [3.8, 4) is 0 Å². The van der Waals surface area contributed by atoms with Gasteiger partial charge in [-0.1, -0.05) is 54.6 Å². The molecule has 0 amide bonds. The lowest BCUT2D eigenvalue weighted by Crippen LogP contribution is -2.39. The van der Waals surface area contributed by atoms with E-state index < -0.39 is 18.4 Å². The zero-order valence-corrected chi connectivity index (χ0v) is 34.2. The molecular weight excluding hydrogens is 728 g/mol. The van der Waals surface area contributed by atoms with Crippen molar-refractivity contribution in [2.75, 3.05) is 33.5 Å². The summed E-state index contributed by atoms with van der Waals surface area (Å²) in [6.07, 6.45) is 22.8. The van der Waals surface area contributed by atoms with Crippen LogP contribution in [0.15, 0.2) is 54.6 Å². The highest BCUT2D eigenvalue weighted by molar-refractivity contribution is 6.01. The molecule has 1 saturated carbocycles. The average molecular weight is 797 g/mol. The Kier molecular flexibility index (Phi) is 19.0. The molecule has 10 atom stereocenters. The second-order valence-corrected chi connectivity index (χ2v) is 16.2. The lowest BCUT2D eigenvalue weighted by Gasteiger charge is -2.30. The SMILES string of the molecule is COC(=O)C(OC1CCCCO1)C(=O)CCC/C=C\C[C@@H]1[C@@H](/C=C/[C@H](CCc2ccccc2)OC2CCCCO2)[C@H](OC2CCCCO2)C[C@@H]1OC1CCCCO1. The van der Waals surface area contributed by atoms with E-state index in [1.54, 1.807) is 0 Å². The molecule has 0 bridgehead atoms. The van der Waals surface area contributed by atoms with Gasteiger partial charge in [-0.05, 0) is 121 Å². The number of ether oxygens (including phenoxy) is 9. The molecule has 57 heavy (non-hydrogen) atoms. The predicted molar refractivity (Wildman–Crippen MR) is 214 cm³/mol. The molecule has 318 valence electrons. The summed E-state index contributed by atoms with van der Waals surface area (Å²) in [7, 11) is 1.28. The first-order valence-corrected chi connectivity index (χ1v) is 22.1. The fourth-order valence-electron chi connectivity index (χ4n) is 8.66. The van der Waals surface area contributed by atoms with Crippen LogP contribution in [0.25, 0.3) is 0 Å². The van der Waals surface area contributed by atoms with Crippen molar-refractivity contribution in [3.05, 3.63) is 60.2 Å². The van der Waals surface area contributed by atoms with Gasteiger partial charge in [0, 0.05) is 45.2 Å². The van der Waals surface area contributed by atoms with Crippen molar-refractivity contribution >= 4 is 11.8 Å². The van der Waals surface area contributed by atoms with Crippen molar-refractivity contribution in [2.24, 2.45) is 11.8 Å². The van der Waals surface area contributed by atoms with Crippen molar-refractivity contribution in [1.29, 1.82) is 0 Å². The van der Waals surface area contributed by atoms with Gasteiger partial charge in [-0.3, -0.25) is 4.79 Å². The van der Waals surface area contributed by atoms with Gasteiger partial charge in [0.25, 0.3) is 0 Å². The number of carbonyl (C=O) groups excluding carboxylic acids is 2. The number of rotatable bonds is 21. The largest absolute Gasteiger partial charge is 0.467 e. The molecule has 5 unspecified atom stereocenters. The van der Waals surface area contributed by atoms with Crippen LogP contribution in [0.5, 0.6) is 0 Å². The molecule has 4 aliphatic heterocycles.